The number of ether oxygens (including phenoxy) is 2. The van der Waals surface area contributed by atoms with Gasteiger partial charge in [0.25, 0.3) is 0 Å². The van der Waals surface area contributed by atoms with E-state index in [4.69, 9.17) is 20.3 Å². The van der Waals surface area contributed by atoms with Crippen LogP contribution in [-0.2, 0) is 5.54 Å². The summed E-state index contributed by atoms with van der Waals surface area (Å²) in [6.45, 7) is 5.70. The molecule has 0 spiro atoms. The van der Waals surface area contributed by atoms with Crippen molar-refractivity contribution in [2.45, 2.75) is 44.8 Å². The minimum Gasteiger partial charge on any atom is -0.477 e. The van der Waals surface area contributed by atoms with Gasteiger partial charge in [0.15, 0.2) is 0 Å². The second kappa shape index (κ2) is 5.50. The molecule has 27 heavy (non-hydrogen) atoms. The van der Waals surface area contributed by atoms with E-state index in [0.717, 1.165) is 11.5 Å². The first kappa shape index (κ1) is 17.1. The number of carbonyl (C=O) groups is 1. The number of hydrogen-bond donors (Lipinski definition) is 2. The molecule has 5 fully saturated rings. The first-order chi connectivity index (χ1) is 12.7. The maximum Gasteiger partial charge on any atom is 0.407 e. The fourth-order valence-electron chi connectivity index (χ4n) is 4.99. The van der Waals surface area contributed by atoms with Gasteiger partial charge in [-0.15, -0.1) is 0 Å². The smallest absolute Gasteiger partial charge is 0.407 e. The topological polar surface area (TPSA) is 97.9 Å². The Kier molecular flexibility index (Phi) is 3.48. The van der Waals surface area contributed by atoms with Gasteiger partial charge >= 0.3 is 6.09 Å². The second-order valence-corrected chi connectivity index (χ2v) is 9.62. The molecule has 2 bridgehead atoms. The number of carboxylic acid groups (broad SMARTS) is 1. The Hall–Kier alpha value is -2.02. The van der Waals surface area contributed by atoms with Crippen molar-refractivity contribution in [3.63, 3.8) is 0 Å². The number of fused-ring (bicyclic) bond motifs is 1. The van der Waals surface area contributed by atoms with Crippen LogP contribution < -0.4 is 15.2 Å². The Balaban J connectivity index is 1.28. The lowest BCUT2D eigenvalue weighted by Crippen LogP contribution is -2.55. The van der Waals surface area contributed by atoms with Gasteiger partial charge in [-0.2, -0.15) is 4.98 Å². The van der Waals surface area contributed by atoms with Crippen molar-refractivity contribution < 1.29 is 19.4 Å². The summed E-state index contributed by atoms with van der Waals surface area (Å²) >= 11 is 0. The van der Waals surface area contributed by atoms with Gasteiger partial charge in [0.05, 0.1) is 6.61 Å². The van der Waals surface area contributed by atoms with E-state index < -0.39 is 11.6 Å². The summed E-state index contributed by atoms with van der Waals surface area (Å²) in [6.07, 6.45) is 3.03. The number of amides is 1. The maximum atomic E-state index is 11.1. The Labute approximate surface area is 158 Å². The monoisotopic (exact) mass is 373 g/mol. The Morgan fingerprint density at radius 3 is 2.44 bits per heavy atom. The molecule has 3 atom stereocenters. The summed E-state index contributed by atoms with van der Waals surface area (Å²) in [6, 6.07) is 3.80. The molecular weight excluding hydrogens is 346 g/mol. The molecule has 3 N–H and O–H groups in total. The first-order valence-electron chi connectivity index (χ1n) is 9.81. The van der Waals surface area contributed by atoms with E-state index in [-0.39, 0.29) is 17.9 Å². The quantitative estimate of drug-likeness (QED) is 0.795. The zero-order chi connectivity index (χ0) is 19.0. The third-order valence-electron chi connectivity index (χ3n) is 6.86. The Bertz CT molecular complexity index is 761. The third kappa shape index (κ3) is 2.92. The molecule has 4 saturated carbocycles. The van der Waals surface area contributed by atoms with Gasteiger partial charge in [-0.1, -0.05) is 0 Å². The SMILES string of the molecule is CC(C)(N)c1cc(OCC23CC(C2)C3)nc(O[C@@H]2[C@@H]3CN(C(=O)O)C[C@@H]32)c1. The van der Waals surface area contributed by atoms with Gasteiger partial charge in [-0.25, -0.2) is 4.79 Å². The largest absolute Gasteiger partial charge is 0.477 e. The van der Waals surface area contributed by atoms with E-state index in [9.17, 15) is 4.79 Å². The van der Waals surface area contributed by atoms with Crippen LogP contribution in [0.15, 0.2) is 12.1 Å². The third-order valence-corrected chi connectivity index (χ3v) is 6.86. The summed E-state index contributed by atoms with van der Waals surface area (Å²) in [5, 5.41) is 9.09. The number of aromatic nitrogens is 1. The molecule has 5 aliphatic rings. The van der Waals surface area contributed by atoms with E-state index in [2.05, 4.69) is 4.98 Å². The minimum absolute atomic E-state index is 0.0368. The van der Waals surface area contributed by atoms with Crippen molar-refractivity contribution in [3.05, 3.63) is 17.7 Å². The van der Waals surface area contributed by atoms with Crippen molar-refractivity contribution in [2.75, 3.05) is 19.7 Å². The minimum atomic E-state index is -0.852. The lowest BCUT2D eigenvalue weighted by molar-refractivity contribution is -0.132. The normalized spacial score (nSPS) is 35.7. The van der Waals surface area contributed by atoms with Crippen LogP contribution in [-0.4, -0.2) is 46.9 Å². The highest BCUT2D eigenvalue weighted by molar-refractivity contribution is 5.65. The lowest BCUT2D eigenvalue weighted by Gasteiger charge is -2.61. The molecule has 7 heteroatoms. The second-order valence-electron chi connectivity index (χ2n) is 9.62. The molecule has 0 unspecified atom stereocenters. The highest BCUT2D eigenvalue weighted by Gasteiger charge is 2.59. The number of likely N-dealkylation sites (tertiary alicyclic amines) is 1. The van der Waals surface area contributed by atoms with Crippen LogP contribution in [0.2, 0.25) is 0 Å². The van der Waals surface area contributed by atoms with Crippen molar-refractivity contribution in [1.29, 1.82) is 0 Å². The van der Waals surface area contributed by atoms with Crippen LogP contribution in [0.1, 0.15) is 38.7 Å². The van der Waals surface area contributed by atoms with E-state index in [0.29, 0.717) is 36.9 Å². The molecule has 6 rings (SSSR count). The van der Waals surface area contributed by atoms with Crippen LogP contribution in [0, 0.1) is 23.2 Å². The number of nitrogens with zero attached hydrogens (tertiary/aromatic N) is 2. The summed E-state index contributed by atoms with van der Waals surface area (Å²) in [4.78, 5) is 17.1. The van der Waals surface area contributed by atoms with E-state index in [1.165, 1.54) is 24.2 Å². The molecule has 1 saturated heterocycles. The van der Waals surface area contributed by atoms with Gasteiger partial charge < -0.3 is 25.2 Å². The first-order valence-corrected chi connectivity index (χ1v) is 9.81. The number of nitrogens with two attached hydrogens (primary N) is 1. The van der Waals surface area contributed by atoms with Gasteiger partial charge in [0.2, 0.25) is 11.8 Å². The van der Waals surface area contributed by atoms with Crippen LogP contribution in [0.5, 0.6) is 11.8 Å². The van der Waals surface area contributed by atoms with Crippen molar-refractivity contribution in [3.8, 4) is 11.8 Å². The van der Waals surface area contributed by atoms with Crippen LogP contribution in [0.3, 0.4) is 0 Å². The predicted molar refractivity (Wildman–Crippen MR) is 97.7 cm³/mol. The maximum absolute atomic E-state index is 11.1. The molecule has 1 aromatic heterocycles. The lowest BCUT2D eigenvalue weighted by atomic mass is 9.45. The summed E-state index contributed by atoms with van der Waals surface area (Å²) in [5.41, 5.74) is 7.09. The molecular formula is C20H27N3O4. The summed E-state index contributed by atoms with van der Waals surface area (Å²) in [5.74, 6) is 2.56. The zero-order valence-electron chi connectivity index (χ0n) is 15.9. The molecule has 1 aromatic rings. The van der Waals surface area contributed by atoms with Crippen molar-refractivity contribution >= 4 is 6.09 Å². The number of pyridine rings is 1. The van der Waals surface area contributed by atoms with Crippen LogP contribution >= 0.6 is 0 Å². The molecule has 1 amide bonds. The number of rotatable bonds is 6. The molecule has 7 nitrogen and oxygen atoms in total. The van der Waals surface area contributed by atoms with E-state index in [1.54, 1.807) is 0 Å². The molecule has 1 aliphatic heterocycles. The van der Waals surface area contributed by atoms with Crippen LogP contribution in [0.25, 0.3) is 0 Å². The molecule has 0 aromatic carbocycles. The molecule has 2 heterocycles. The highest BCUT2D eigenvalue weighted by Crippen LogP contribution is 2.64. The van der Waals surface area contributed by atoms with Gasteiger partial charge in [0, 0.05) is 48.0 Å². The van der Waals surface area contributed by atoms with E-state index in [1.807, 2.05) is 26.0 Å². The van der Waals surface area contributed by atoms with Gasteiger partial charge in [-0.3, -0.25) is 0 Å². The Morgan fingerprint density at radius 1 is 1.30 bits per heavy atom. The number of hydrogen-bond acceptors (Lipinski definition) is 5. The molecule has 0 radical (unpaired) electrons. The summed E-state index contributed by atoms with van der Waals surface area (Å²) in [7, 11) is 0. The summed E-state index contributed by atoms with van der Waals surface area (Å²) < 4.78 is 12.2. The fourth-order valence-corrected chi connectivity index (χ4v) is 4.99. The highest BCUT2D eigenvalue weighted by atomic mass is 16.5. The average molecular weight is 373 g/mol. The van der Waals surface area contributed by atoms with Crippen molar-refractivity contribution in [2.24, 2.45) is 28.9 Å². The van der Waals surface area contributed by atoms with Crippen LogP contribution in [0.4, 0.5) is 4.79 Å². The van der Waals surface area contributed by atoms with Gasteiger partial charge in [-0.05, 0) is 44.6 Å². The Morgan fingerprint density at radius 2 is 1.93 bits per heavy atom. The van der Waals surface area contributed by atoms with Crippen molar-refractivity contribution in [1.82, 2.24) is 9.88 Å². The fraction of sp³-hybridized carbons (Fsp3) is 0.700. The predicted octanol–water partition coefficient (Wildman–Crippen LogP) is 2.44. The molecule has 146 valence electrons. The molecule has 4 aliphatic carbocycles. The van der Waals surface area contributed by atoms with E-state index >= 15 is 0 Å². The number of piperidine rings is 1. The van der Waals surface area contributed by atoms with Gasteiger partial charge in [0.1, 0.15) is 6.10 Å². The zero-order valence-corrected chi connectivity index (χ0v) is 15.9. The standard InChI is InChI=1S/C20H27N3O4/c1-19(2,21)12-3-15(26-10-20-5-11(6-20)7-20)22-16(4-12)27-17-13-8-23(18(24)25)9-14(13)17/h3-4,11,13-14,17H,5-10,21H2,1-2H3,(H,24,25)/t11?,13-,14+,17-,20?. The average Bonchev–Trinajstić information content (AvgIpc) is 2.95.